The number of methoxy groups -OCH3 is 2. The summed E-state index contributed by atoms with van der Waals surface area (Å²) >= 11 is 0. The van der Waals surface area contributed by atoms with Gasteiger partial charge in [0.1, 0.15) is 0 Å². The van der Waals surface area contributed by atoms with Gasteiger partial charge in [-0.05, 0) is 25.6 Å². The minimum Gasteiger partial charge on any atom is -0.493 e. The summed E-state index contributed by atoms with van der Waals surface area (Å²) < 4.78 is 10.6. The Morgan fingerprint density at radius 1 is 1.32 bits per heavy atom. The van der Waals surface area contributed by atoms with Gasteiger partial charge in [0.2, 0.25) is 0 Å². The van der Waals surface area contributed by atoms with Crippen LogP contribution < -0.4 is 19.7 Å². The van der Waals surface area contributed by atoms with Crippen molar-refractivity contribution in [2.45, 2.75) is 12.0 Å². The van der Waals surface area contributed by atoms with Crippen molar-refractivity contribution in [1.29, 1.82) is 0 Å². The highest BCUT2D eigenvalue weighted by Crippen LogP contribution is 2.34. The van der Waals surface area contributed by atoms with Crippen molar-refractivity contribution >= 4 is 5.69 Å². The molecule has 0 radical (unpaired) electrons. The lowest BCUT2D eigenvalue weighted by molar-refractivity contribution is 0.184. The summed E-state index contributed by atoms with van der Waals surface area (Å²) in [6, 6.07) is 5.90. The Morgan fingerprint density at radius 3 is 2.58 bits per heavy atom. The fraction of sp³-hybridized carbons (Fsp3) is 0.571. The van der Waals surface area contributed by atoms with Gasteiger partial charge in [-0.3, -0.25) is 0 Å². The maximum atomic E-state index is 9.53. The maximum Gasteiger partial charge on any atom is 0.162 e. The van der Waals surface area contributed by atoms with Gasteiger partial charge in [0.15, 0.2) is 11.5 Å². The van der Waals surface area contributed by atoms with Crippen molar-refractivity contribution in [2.24, 2.45) is 0 Å². The lowest BCUT2D eigenvalue weighted by Crippen LogP contribution is -2.48. The Balaban J connectivity index is 2.20. The summed E-state index contributed by atoms with van der Waals surface area (Å²) in [6.45, 7) is 1.85. The summed E-state index contributed by atoms with van der Waals surface area (Å²) in [6.07, 6.45) is 0.925. The Kier molecular flexibility index (Phi) is 4.17. The average Bonchev–Trinajstić information content (AvgIpc) is 2.91. The second kappa shape index (κ2) is 5.67. The highest BCUT2D eigenvalue weighted by atomic mass is 16.5. The Bertz CT molecular complexity index is 433. The number of ether oxygens (including phenoxy) is 2. The van der Waals surface area contributed by atoms with Crippen LogP contribution in [0.1, 0.15) is 6.42 Å². The summed E-state index contributed by atoms with van der Waals surface area (Å²) in [4.78, 5) is 2.24. The SMILES string of the molecule is CNC1(CO)CCN(c2ccc(OC)c(OC)c2)C1. The molecule has 2 rings (SSSR count). The van der Waals surface area contributed by atoms with Gasteiger partial charge in [0.25, 0.3) is 0 Å². The molecule has 0 aromatic heterocycles. The van der Waals surface area contributed by atoms with E-state index in [4.69, 9.17) is 9.47 Å². The van der Waals surface area contributed by atoms with Crippen LogP contribution in [-0.4, -0.2) is 51.6 Å². The van der Waals surface area contributed by atoms with Gasteiger partial charge in [-0.25, -0.2) is 0 Å². The van der Waals surface area contributed by atoms with E-state index in [1.54, 1.807) is 14.2 Å². The quantitative estimate of drug-likeness (QED) is 0.828. The minimum absolute atomic E-state index is 0.146. The van der Waals surface area contributed by atoms with Crippen LogP contribution >= 0.6 is 0 Å². The number of nitrogens with one attached hydrogen (secondary N) is 1. The Hall–Kier alpha value is -1.46. The molecule has 0 bridgehead atoms. The molecule has 2 N–H and O–H groups in total. The van der Waals surface area contributed by atoms with Crippen molar-refractivity contribution in [3.05, 3.63) is 18.2 Å². The van der Waals surface area contributed by atoms with E-state index in [-0.39, 0.29) is 12.1 Å². The number of aliphatic hydroxyl groups excluding tert-OH is 1. The lowest BCUT2D eigenvalue weighted by atomic mass is 10.0. The molecule has 1 aromatic carbocycles. The van der Waals surface area contributed by atoms with Gasteiger partial charge < -0.3 is 24.8 Å². The number of hydrogen-bond donors (Lipinski definition) is 2. The van der Waals surface area contributed by atoms with E-state index in [9.17, 15) is 5.11 Å². The minimum atomic E-state index is -0.201. The van der Waals surface area contributed by atoms with Crippen LogP contribution in [0.15, 0.2) is 18.2 Å². The van der Waals surface area contributed by atoms with Crippen molar-refractivity contribution < 1.29 is 14.6 Å². The molecule has 1 atom stereocenters. The second-order valence-corrected chi connectivity index (χ2v) is 4.90. The summed E-state index contributed by atoms with van der Waals surface area (Å²) in [7, 11) is 5.16. The summed E-state index contributed by atoms with van der Waals surface area (Å²) in [5.41, 5.74) is 0.885. The van der Waals surface area contributed by atoms with E-state index in [1.807, 2.05) is 25.2 Å². The van der Waals surface area contributed by atoms with E-state index in [1.165, 1.54) is 0 Å². The molecule has 0 amide bonds. The average molecular weight is 266 g/mol. The van der Waals surface area contributed by atoms with Crippen LogP contribution in [0.25, 0.3) is 0 Å². The molecular weight excluding hydrogens is 244 g/mol. The molecule has 1 fully saturated rings. The first-order chi connectivity index (χ1) is 9.18. The predicted molar refractivity (Wildman–Crippen MR) is 75.3 cm³/mol. The molecule has 19 heavy (non-hydrogen) atoms. The monoisotopic (exact) mass is 266 g/mol. The second-order valence-electron chi connectivity index (χ2n) is 4.90. The first-order valence-corrected chi connectivity index (χ1v) is 6.45. The standard InChI is InChI=1S/C14H22N2O3/c1-15-14(10-17)6-7-16(9-14)11-4-5-12(18-2)13(8-11)19-3/h4-5,8,15,17H,6-7,9-10H2,1-3H3. The molecule has 0 saturated carbocycles. The first kappa shape index (κ1) is 14.0. The first-order valence-electron chi connectivity index (χ1n) is 6.45. The smallest absolute Gasteiger partial charge is 0.162 e. The van der Waals surface area contributed by atoms with Crippen molar-refractivity contribution in [2.75, 3.05) is 45.9 Å². The van der Waals surface area contributed by atoms with E-state index in [0.717, 1.165) is 36.7 Å². The van der Waals surface area contributed by atoms with E-state index < -0.39 is 0 Å². The number of aliphatic hydroxyl groups is 1. The van der Waals surface area contributed by atoms with Gasteiger partial charge in [0, 0.05) is 24.8 Å². The van der Waals surface area contributed by atoms with Gasteiger partial charge in [-0.2, -0.15) is 0 Å². The topological polar surface area (TPSA) is 54.0 Å². The van der Waals surface area contributed by atoms with Gasteiger partial charge in [-0.1, -0.05) is 0 Å². The van der Waals surface area contributed by atoms with Crippen LogP contribution in [0.3, 0.4) is 0 Å². The number of likely N-dealkylation sites (N-methyl/N-ethyl adjacent to an activating group) is 1. The molecule has 5 heteroatoms. The number of nitrogens with zero attached hydrogens (tertiary/aromatic N) is 1. The van der Waals surface area contributed by atoms with Gasteiger partial charge >= 0.3 is 0 Å². The van der Waals surface area contributed by atoms with Crippen LogP contribution in [0.2, 0.25) is 0 Å². The van der Waals surface area contributed by atoms with Crippen molar-refractivity contribution in [3.8, 4) is 11.5 Å². The summed E-state index contributed by atoms with van der Waals surface area (Å²) in [5, 5.41) is 12.8. The van der Waals surface area contributed by atoms with Crippen LogP contribution in [0, 0.1) is 0 Å². The fourth-order valence-corrected chi connectivity index (χ4v) is 2.53. The molecule has 1 aromatic rings. The lowest BCUT2D eigenvalue weighted by Gasteiger charge is -2.27. The van der Waals surface area contributed by atoms with Crippen molar-refractivity contribution in [1.82, 2.24) is 5.32 Å². The molecular formula is C14H22N2O3. The van der Waals surface area contributed by atoms with Gasteiger partial charge in [0.05, 0.1) is 26.4 Å². The summed E-state index contributed by atoms with van der Waals surface area (Å²) in [5.74, 6) is 1.46. The highest BCUT2D eigenvalue weighted by Gasteiger charge is 2.36. The predicted octanol–water partition coefficient (Wildman–Crippen LogP) is 0.864. The number of anilines is 1. The molecule has 106 valence electrons. The number of benzene rings is 1. The zero-order chi connectivity index (χ0) is 13.9. The Morgan fingerprint density at radius 2 is 2.05 bits per heavy atom. The normalized spacial score (nSPS) is 22.6. The molecule has 1 aliphatic heterocycles. The van der Waals surface area contributed by atoms with E-state index in [0.29, 0.717) is 0 Å². The van der Waals surface area contributed by atoms with Crippen LogP contribution in [0.4, 0.5) is 5.69 Å². The van der Waals surface area contributed by atoms with Crippen molar-refractivity contribution in [3.63, 3.8) is 0 Å². The number of hydrogen-bond acceptors (Lipinski definition) is 5. The third-order valence-corrected chi connectivity index (χ3v) is 3.92. The maximum absolute atomic E-state index is 9.53. The van der Waals surface area contributed by atoms with E-state index >= 15 is 0 Å². The third kappa shape index (κ3) is 2.62. The largest absolute Gasteiger partial charge is 0.493 e. The molecule has 1 unspecified atom stereocenters. The van der Waals surface area contributed by atoms with Crippen LogP contribution in [-0.2, 0) is 0 Å². The highest BCUT2D eigenvalue weighted by molar-refractivity contribution is 5.57. The zero-order valence-electron chi connectivity index (χ0n) is 11.8. The molecule has 0 spiro atoms. The Labute approximate surface area is 114 Å². The number of rotatable bonds is 5. The molecule has 1 heterocycles. The zero-order valence-corrected chi connectivity index (χ0v) is 11.8. The molecule has 5 nitrogen and oxygen atoms in total. The third-order valence-electron chi connectivity index (χ3n) is 3.92. The van der Waals surface area contributed by atoms with E-state index in [2.05, 4.69) is 10.2 Å². The molecule has 1 aliphatic rings. The van der Waals surface area contributed by atoms with Gasteiger partial charge in [-0.15, -0.1) is 0 Å². The molecule has 1 saturated heterocycles. The molecule has 0 aliphatic carbocycles. The fourth-order valence-electron chi connectivity index (χ4n) is 2.53. The van der Waals surface area contributed by atoms with Crippen LogP contribution in [0.5, 0.6) is 11.5 Å².